The number of benzene rings is 2. The minimum absolute atomic E-state index is 0.0218. The molecule has 0 radical (unpaired) electrons. The molecule has 158 valence electrons. The second-order valence-electron chi connectivity index (χ2n) is 7.66. The smallest absolute Gasteiger partial charge is 0.223 e. The molecule has 0 aliphatic carbocycles. The Bertz CT molecular complexity index is 1130. The molecule has 0 spiro atoms. The lowest BCUT2D eigenvalue weighted by Crippen LogP contribution is -2.49. The summed E-state index contributed by atoms with van der Waals surface area (Å²) in [6, 6.07) is 15.3. The SMILES string of the molecule is Cc1ccc2nc(N3CCN(C(=O)CCS(=O)(=O)Cc4ccccc4)CC3)sc2c1. The van der Waals surface area contributed by atoms with Crippen LogP contribution in [0.15, 0.2) is 48.5 Å². The van der Waals surface area contributed by atoms with E-state index in [-0.39, 0.29) is 23.8 Å². The van der Waals surface area contributed by atoms with E-state index in [4.69, 9.17) is 4.98 Å². The van der Waals surface area contributed by atoms with Crippen LogP contribution in [0, 0.1) is 6.92 Å². The molecule has 2 heterocycles. The van der Waals surface area contributed by atoms with Gasteiger partial charge in [-0.25, -0.2) is 13.4 Å². The number of rotatable bonds is 6. The second-order valence-corrected chi connectivity index (χ2v) is 10.9. The fraction of sp³-hybridized carbons (Fsp3) is 0.364. The number of thiazole rings is 1. The standard InChI is InChI=1S/C22H25N3O3S2/c1-17-7-8-19-20(15-17)29-22(23-19)25-12-10-24(11-13-25)21(26)9-14-30(27,28)16-18-5-3-2-4-6-18/h2-8,15H,9-14,16H2,1H3. The Morgan fingerprint density at radius 3 is 2.53 bits per heavy atom. The highest BCUT2D eigenvalue weighted by Crippen LogP contribution is 2.30. The molecular weight excluding hydrogens is 418 g/mol. The molecule has 0 N–H and O–H groups in total. The molecule has 0 bridgehead atoms. The van der Waals surface area contributed by atoms with Crippen LogP contribution in [-0.4, -0.2) is 56.1 Å². The first kappa shape index (κ1) is 20.8. The van der Waals surface area contributed by atoms with E-state index in [1.807, 2.05) is 24.3 Å². The summed E-state index contributed by atoms with van der Waals surface area (Å²) in [6.07, 6.45) is 0.0373. The molecule has 6 nitrogen and oxygen atoms in total. The number of anilines is 1. The Morgan fingerprint density at radius 2 is 1.80 bits per heavy atom. The number of hydrogen-bond acceptors (Lipinski definition) is 6. The number of piperazine rings is 1. The lowest BCUT2D eigenvalue weighted by Gasteiger charge is -2.34. The summed E-state index contributed by atoms with van der Waals surface area (Å²) in [5.41, 5.74) is 2.97. The summed E-state index contributed by atoms with van der Waals surface area (Å²) in [4.78, 5) is 21.2. The van der Waals surface area contributed by atoms with Crippen LogP contribution in [0.4, 0.5) is 5.13 Å². The van der Waals surface area contributed by atoms with Gasteiger partial charge in [0.15, 0.2) is 15.0 Å². The number of carbonyl (C=O) groups excluding carboxylic acids is 1. The predicted molar refractivity (Wildman–Crippen MR) is 122 cm³/mol. The molecule has 1 saturated heterocycles. The van der Waals surface area contributed by atoms with Crippen LogP contribution in [0.5, 0.6) is 0 Å². The van der Waals surface area contributed by atoms with E-state index in [9.17, 15) is 13.2 Å². The monoisotopic (exact) mass is 443 g/mol. The Hall–Kier alpha value is -2.45. The first-order chi connectivity index (χ1) is 14.4. The van der Waals surface area contributed by atoms with E-state index in [1.54, 1.807) is 28.4 Å². The zero-order chi connectivity index (χ0) is 21.1. The second kappa shape index (κ2) is 8.73. The highest BCUT2D eigenvalue weighted by Gasteiger charge is 2.24. The van der Waals surface area contributed by atoms with Crippen molar-refractivity contribution in [1.29, 1.82) is 0 Å². The lowest BCUT2D eigenvalue weighted by molar-refractivity contribution is -0.131. The molecule has 0 atom stereocenters. The highest BCUT2D eigenvalue weighted by atomic mass is 32.2. The van der Waals surface area contributed by atoms with E-state index in [1.165, 1.54) is 10.3 Å². The van der Waals surface area contributed by atoms with Gasteiger partial charge in [0, 0.05) is 32.6 Å². The van der Waals surface area contributed by atoms with Gasteiger partial charge in [-0.1, -0.05) is 47.7 Å². The van der Waals surface area contributed by atoms with E-state index in [0.717, 1.165) is 16.2 Å². The minimum Gasteiger partial charge on any atom is -0.345 e. The maximum absolute atomic E-state index is 12.5. The number of sulfone groups is 1. The summed E-state index contributed by atoms with van der Waals surface area (Å²) in [7, 11) is -3.31. The van der Waals surface area contributed by atoms with Crippen LogP contribution in [0.1, 0.15) is 17.5 Å². The van der Waals surface area contributed by atoms with Crippen molar-refractivity contribution < 1.29 is 13.2 Å². The van der Waals surface area contributed by atoms with E-state index >= 15 is 0 Å². The van der Waals surface area contributed by atoms with Gasteiger partial charge in [-0.15, -0.1) is 0 Å². The van der Waals surface area contributed by atoms with Crippen molar-refractivity contribution in [3.05, 3.63) is 59.7 Å². The zero-order valence-corrected chi connectivity index (χ0v) is 18.6. The first-order valence-electron chi connectivity index (χ1n) is 10.0. The van der Waals surface area contributed by atoms with Crippen LogP contribution in [-0.2, 0) is 20.4 Å². The van der Waals surface area contributed by atoms with Gasteiger partial charge in [0.25, 0.3) is 0 Å². The van der Waals surface area contributed by atoms with Crippen molar-refractivity contribution >= 4 is 42.4 Å². The maximum atomic E-state index is 12.5. The Labute approximate surface area is 181 Å². The third-order valence-corrected chi connectivity index (χ3v) is 7.97. The van der Waals surface area contributed by atoms with Crippen LogP contribution < -0.4 is 4.90 Å². The van der Waals surface area contributed by atoms with Crippen LogP contribution in [0.25, 0.3) is 10.2 Å². The van der Waals surface area contributed by atoms with Crippen LogP contribution >= 0.6 is 11.3 Å². The van der Waals surface area contributed by atoms with Crippen molar-refractivity contribution in [3.8, 4) is 0 Å². The third-order valence-electron chi connectivity index (χ3n) is 5.29. The largest absolute Gasteiger partial charge is 0.345 e. The quantitative estimate of drug-likeness (QED) is 0.585. The maximum Gasteiger partial charge on any atom is 0.223 e. The zero-order valence-electron chi connectivity index (χ0n) is 17.0. The Morgan fingerprint density at radius 1 is 1.07 bits per heavy atom. The number of nitrogens with zero attached hydrogens (tertiary/aromatic N) is 3. The predicted octanol–water partition coefficient (Wildman–Crippen LogP) is 3.26. The minimum atomic E-state index is -3.31. The third kappa shape index (κ3) is 4.99. The van der Waals surface area contributed by atoms with Crippen LogP contribution in [0.3, 0.4) is 0 Å². The van der Waals surface area contributed by atoms with Crippen molar-refractivity contribution in [1.82, 2.24) is 9.88 Å². The number of hydrogen-bond donors (Lipinski definition) is 0. The normalized spacial score (nSPS) is 15.0. The molecule has 1 aromatic heterocycles. The van der Waals surface area contributed by atoms with Gasteiger partial charge in [0.1, 0.15) is 0 Å². The molecule has 30 heavy (non-hydrogen) atoms. The van der Waals surface area contributed by atoms with Gasteiger partial charge in [-0.2, -0.15) is 0 Å². The molecule has 1 aliphatic rings. The van der Waals surface area contributed by atoms with Crippen molar-refractivity contribution in [3.63, 3.8) is 0 Å². The molecule has 4 rings (SSSR count). The number of fused-ring (bicyclic) bond motifs is 1. The van der Waals surface area contributed by atoms with Gasteiger partial charge in [0.05, 0.1) is 21.7 Å². The molecule has 1 amide bonds. The fourth-order valence-corrected chi connectivity index (χ4v) is 6.05. The molecule has 0 saturated carbocycles. The molecule has 1 fully saturated rings. The molecule has 1 aliphatic heterocycles. The van der Waals surface area contributed by atoms with Crippen molar-refractivity contribution in [2.45, 2.75) is 19.1 Å². The van der Waals surface area contributed by atoms with E-state index < -0.39 is 9.84 Å². The number of aromatic nitrogens is 1. The number of aryl methyl sites for hydroxylation is 1. The van der Waals surface area contributed by atoms with Crippen molar-refractivity contribution in [2.75, 3.05) is 36.8 Å². The Kier molecular flexibility index (Phi) is 6.06. The van der Waals surface area contributed by atoms with Gasteiger partial charge in [-0.05, 0) is 30.2 Å². The highest BCUT2D eigenvalue weighted by molar-refractivity contribution is 7.90. The van der Waals surface area contributed by atoms with E-state index in [0.29, 0.717) is 26.2 Å². The summed E-state index contributed by atoms with van der Waals surface area (Å²) < 4.78 is 25.9. The van der Waals surface area contributed by atoms with Crippen LogP contribution in [0.2, 0.25) is 0 Å². The molecule has 8 heteroatoms. The summed E-state index contributed by atoms with van der Waals surface area (Å²) in [5.74, 6) is -0.226. The topological polar surface area (TPSA) is 70.6 Å². The molecule has 2 aromatic carbocycles. The molecule has 0 unspecified atom stereocenters. The summed E-state index contributed by atoms with van der Waals surface area (Å²) >= 11 is 1.67. The van der Waals surface area contributed by atoms with Gasteiger partial charge < -0.3 is 9.80 Å². The lowest BCUT2D eigenvalue weighted by atomic mass is 10.2. The van der Waals surface area contributed by atoms with Crippen molar-refractivity contribution in [2.24, 2.45) is 0 Å². The van der Waals surface area contributed by atoms with E-state index in [2.05, 4.69) is 24.0 Å². The summed E-state index contributed by atoms with van der Waals surface area (Å²) in [5, 5.41) is 0.980. The number of carbonyl (C=O) groups is 1. The molecule has 3 aromatic rings. The number of amides is 1. The van der Waals surface area contributed by atoms with Gasteiger partial charge in [0.2, 0.25) is 5.91 Å². The molecular formula is C22H25N3O3S2. The fourth-order valence-electron chi connectivity index (χ4n) is 3.60. The first-order valence-corrected chi connectivity index (χ1v) is 12.7. The van der Waals surface area contributed by atoms with Gasteiger partial charge in [-0.3, -0.25) is 4.79 Å². The average Bonchev–Trinajstić information content (AvgIpc) is 3.16. The average molecular weight is 444 g/mol. The Balaban J connectivity index is 1.29. The summed E-state index contributed by atoms with van der Waals surface area (Å²) in [6.45, 7) is 4.67. The van der Waals surface area contributed by atoms with Gasteiger partial charge >= 0.3 is 0 Å².